The Bertz CT molecular complexity index is 643. The number of urea groups is 1. The standard InChI is InChI=1S/C18H25N3O4/c1-24-15-8-7-14(10-16(15)25-2)21-11-13(9-17(21)22)20-18(23)19-12-5-3-4-6-12/h7-8,10,12-13H,3-6,9,11H2,1-2H3,(H2,19,20,23)/t13-/m0/s1. The first-order valence-corrected chi connectivity index (χ1v) is 8.70. The molecule has 1 atom stereocenters. The Morgan fingerprint density at radius 2 is 1.76 bits per heavy atom. The van der Waals surface area contributed by atoms with Gasteiger partial charge in [0.15, 0.2) is 11.5 Å². The molecule has 0 spiro atoms. The summed E-state index contributed by atoms with van der Waals surface area (Å²) in [5, 5.41) is 5.91. The van der Waals surface area contributed by atoms with Gasteiger partial charge < -0.3 is 25.0 Å². The lowest BCUT2D eigenvalue weighted by atomic mass is 10.2. The number of nitrogens with zero attached hydrogens (tertiary/aromatic N) is 1. The van der Waals surface area contributed by atoms with Crippen molar-refractivity contribution in [3.05, 3.63) is 18.2 Å². The van der Waals surface area contributed by atoms with E-state index in [-0.39, 0.29) is 24.0 Å². The lowest BCUT2D eigenvalue weighted by molar-refractivity contribution is -0.117. The minimum atomic E-state index is -0.193. The van der Waals surface area contributed by atoms with Crippen LogP contribution in [0.1, 0.15) is 32.1 Å². The molecule has 2 N–H and O–H groups in total. The fraction of sp³-hybridized carbons (Fsp3) is 0.556. The molecule has 0 unspecified atom stereocenters. The van der Waals surface area contributed by atoms with Crippen LogP contribution in [0, 0.1) is 0 Å². The van der Waals surface area contributed by atoms with Gasteiger partial charge in [0.05, 0.1) is 20.3 Å². The number of methoxy groups -OCH3 is 2. The highest BCUT2D eigenvalue weighted by Crippen LogP contribution is 2.33. The fourth-order valence-electron chi connectivity index (χ4n) is 3.53. The number of nitrogens with one attached hydrogen (secondary N) is 2. The summed E-state index contributed by atoms with van der Waals surface area (Å²) in [6.45, 7) is 0.451. The van der Waals surface area contributed by atoms with Crippen molar-refractivity contribution in [2.45, 2.75) is 44.2 Å². The second-order valence-electron chi connectivity index (χ2n) is 6.54. The molecule has 1 aliphatic carbocycles. The Kier molecular flexibility index (Phi) is 5.31. The molecule has 1 aromatic carbocycles. The van der Waals surface area contributed by atoms with Gasteiger partial charge in [-0.15, -0.1) is 0 Å². The zero-order valence-electron chi connectivity index (χ0n) is 14.7. The SMILES string of the molecule is COc1ccc(N2C[C@@H](NC(=O)NC3CCCC3)CC2=O)cc1OC. The molecule has 1 heterocycles. The van der Waals surface area contributed by atoms with E-state index >= 15 is 0 Å². The zero-order valence-corrected chi connectivity index (χ0v) is 14.7. The van der Waals surface area contributed by atoms with Crippen molar-refractivity contribution in [3.8, 4) is 11.5 Å². The summed E-state index contributed by atoms with van der Waals surface area (Å²) in [5.41, 5.74) is 0.739. The van der Waals surface area contributed by atoms with E-state index in [0.717, 1.165) is 18.5 Å². The second-order valence-corrected chi connectivity index (χ2v) is 6.54. The Labute approximate surface area is 147 Å². The van der Waals surface area contributed by atoms with Gasteiger partial charge in [-0.2, -0.15) is 0 Å². The van der Waals surface area contributed by atoms with Crippen LogP contribution in [0.4, 0.5) is 10.5 Å². The van der Waals surface area contributed by atoms with E-state index in [4.69, 9.17) is 9.47 Å². The van der Waals surface area contributed by atoms with Crippen molar-refractivity contribution in [3.63, 3.8) is 0 Å². The highest BCUT2D eigenvalue weighted by molar-refractivity contribution is 5.97. The third-order valence-corrected chi connectivity index (χ3v) is 4.83. The van der Waals surface area contributed by atoms with Crippen LogP contribution in [-0.4, -0.2) is 44.8 Å². The predicted octanol–water partition coefficient (Wildman–Crippen LogP) is 2.05. The van der Waals surface area contributed by atoms with E-state index < -0.39 is 0 Å². The monoisotopic (exact) mass is 347 g/mol. The number of anilines is 1. The van der Waals surface area contributed by atoms with Crippen LogP contribution in [0.5, 0.6) is 11.5 Å². The van der Waals surface area contributed by atoms with Crippen LogP contribution in [0.3, 0.4) is 0 Å². The van der Waals surface area contributed by atoms with Gasteiger partial charge in [-0.1, -0.05) is 12.8 Å². The maximum absolute atomic E-state index is 12.3. The van der Waals surface area contributed by atoms with Gasteiger partial charge >= 0.3 is 6.03 Å². The molecule has 136 valence electrons. The molecule has 1 saturated carbocycles. The van der Waals surface area contributed by atoms with Crippen molar-refractivity contribution in [2.75, 3.05) is 25.7 Å². The van der Waals surface area contributed by atoms with E-state index in [1.165, 1.54) is 12.8 Å². The molecule has 7 heteroatoms. The minimum absolute atomic E-state index is 0.0154. The molecule has 0 bridgehead atoms. The van der Waals surface area contributed by atoms with Crippen LogP contribution >= 0.6 is 0 Å². The maximum atomic E-state index is 12.3. The molecule has 3 amide bonds. The first kappa shape index (κ1) is 17.4. The number of ether oxygens (including phenoxy) is 2. The smallest absolute Gasteiger partial charge is 0.315 e. The largest absolute Gasteiger partial charge is 0.493 e. The predicted molar refractivity (Wildman–Crippen MR) is 94.2 cm³/mol. The van der Waals surface area contributed by atoms with E-state index in [0.29, 0.717) is 24.5 Å². The number of rotatable bonds is 5. The summed E-state index contributed by atoms with van der Waals surface area (Å²) in [6.07, 6.45) is 4.70. The molecule has 1 saturated heterocycles. The summed E-state index contributed by atoms with van der Waals surface area (Å²) < 4.78 is 10.5. The van der Waals surface area contributed by atoms with Crippen LogP contribution in [0.2, 0.25) is 0 Å². The van der Waals surface area contributed by atoms with Gasteiger partial charge in [-0.05, 0) is 25.0 Å². The Morgan fingerprint density at radius 1 is 1.08 bits per heavy atom. The molecule has 1 aromatic rings. The van der Waals surface area contributed by atoms with Crippen molar-refractivity contribution < 1.29 is 19.1 Å². The first-order chi connectivity index (χ1) is 12.1. The molecular weight excluding hydrogens is 322 g/mol. The Hall–Kier alpha value is -2.44. The fourth-order valence-corrected chi connectivity index (χ4v) is 3.53. The molecule has 0 radical (unpaired) electrons. The molecule has 2 aliphatic rings. The molecule has 25 heavy (non-hydrogen) atoms. The average molecular weight is 347 g/mol. The molecule has 0 aromatic heterocycles. The Balaban J connectivity index is 1.61. The zero-order chi connectivity index (χ0) is 17.8. The van der Waals surface area contributed by atoms with Crippen LogP contribution in [-0.2, 0) is 4.79 Å². The van der Waals surface area contributed by atoms with Gasteiger partial charge in [0.2, 0.25) is 5.91 Å². The average Bonchev–Trinajstić information content (AvgIpc) is 3.23. The van der Waals surface area contributed by atoms with Crippen LogP contribution in [0.15, 0.2) is 18.2 Å². The summed E-state index contributed by atoms with van der Waals surface area (Å²) in [4.78, 5) is 26.1. The lowest BCUT2D eigenvalue weighted by Crippen LogP contribution is -2.46. The topological polar surface area (TPSA) is 79.9 Å². The number of carbonyl (C=O) groups is 2. The van der Waals surface area contributed by atoms with Gasteiger partial charge in [-0.3, -0.25) is 4.79 Å². The number of hydrogen-bond acceptors (Lipinski definition) is 4. The number of carbonyl (C=O) groups excluding carboxylic acids is 2. The van der Waals surface area contributed by atoms with Crippen molar-refractivity contribution >= 4 is 17.6 Å². The molecule has 3 rings (SSSR count). The van der Waals surface area contributed by atoms with Gasteiger partial charge in [0, 0.05) is 30.8 Å². The van der Waals surface area contributed by atoms with Crippen molar-refractivity contribution in [1.82, 2.24) is 10.6 Å². The molecule has 2 fully saturated rings. The van der Waals surface area contributed by atoms with Gasteiger partial charge in [0.25, 0.3) is 0 Å². The quantitative estimate of drug-likeness (QED) is 0.854. The van der Waals surface area contributed by atoms with Crippen molar-refractivity contribution in [1.29, 1.82) is 0 Å². The Morgan fingerprint density at radius 3 is 2.44 bits per heavy atom. The lowest BCUT2D eigenvalue weighted by Gasteiger charge is -2.19. The van der Waals surface area contributed by atoms with E-state index in [1.807, 2.05) is 6.07 Å². The normalized spacial score (nSPS) is 20.6. The van der Waals surface area contributed by atoms with Gasteiger partial charge in [0.1, 0.15) is 0 Å². The number of amides is 3. The highest BCUT2D eigenvalue weighted by Gasteiger charge is 2.32. The summed E-state index contributed by atoms with van der Waals surface area (Å²) >= 11 is 0. The van der Waals surface area contributed by atoms with E-state index in [9.17, 15) is 9.59 Å². The minimum Gasteiger partial charge on any atom is -0.493 e. The first-order valence-electron chi connectivity index (χ1n) is 8.70. The molecule has 1 aliphatic heterocycles. The van der Waals surface area contributed by atoms with E-state index in [2.05, 4.69) is 10.6 Å². The number of benzene rings is 1. The molecule has 7 nitrogen and oxygen atoms in total. The highest BCUT2D eigenvalue weighted by atomic mass is 16.5. The van der Waals surface area contributed by atoms with Gasteiger partial charge in [-0.25, -0.2) is 4.79 Å². The van der Waals surface area contributed by atoms with Crippen LogP contribution < -0.4 is 25.0 Å². The summed E-state index contributed by atoms with van der Waals surface area (Å²) in [5.74, 6) is 1.17. The van der Waals surface area contributed by atoms with E-state index in [1.54, 1.807) is 31.3 Å². The van der Waals surface area contributed by atoms with Crippen LogP contribution in [0.25, 0.3) is 0 Å². The number of hydrogen-bond donors (Lipinski definition) is 2. The third-order valence-electron chi connectivity index (χ3n) is 4.83. The molecular formula is C18H25N3O4. The second kappa shape index (κ2) is 7.63. The summed E-state index contributed by atoms with van der Waals surface area (Å²) in [6, 6.07) is 5.26. The van der Waals surface area contributed by atoms with Crippen molar-refractivity contribution in [2.24, 2.45) is 0 Å². The summed E-state index contributed by atoms with van der Waals surface area (Å²) in [7, 11) is 3.13. The maximum Gasteiger partial charge on any atom is 0.315 e. The third kappa shape index (κ3) is 3.97.